The highest BCUT2D eigenvalue weighted by Gasteiger charge is 2.62. The van der Waals surface area contributed by atoms with E-state index >= 15 is 0 Å². The Morgan fingerprint density at radius 1 is 0.818 bits per heavy atom. The Bertz CT molecular complexity index is 610. The molecule has 2 aromatic rings. The van der Waals surface area contributed by atoms with E-state index in [1.807, 2.05) is 0 Å². The summed E-state index contributed by atoms with van der Waals surface area (Å²) < 4.78 is 66.6. The van der Waals surface area contributed by atoms with Crippen molar-refractivity contribution in [2.45, 2.75) is 18.1 Å². The molecule has 22 heavy (non-hydrogen) atoms. The molecular weight excluding hydrogens is 369 g/mol. The number of nitrogens with one attached hydrogen (secondary N) is 1. The highest BCUT2D eigenvalue weighted by atomic mass is 79.9. The van der Waals surface area contributed by atoms with Gasteiger partial charge in [0.05, 0.1) is 0 Å². The lowest BCUT2D eigenvalue weighted by molar-refractivity contribution is -0.288. The maximum absolute atomic E-state index is 13.9. The molecule has 2 rings (SSSR count). The number of anilines is 1. The second-order valence-electron chi connectivity index (χ2n) is 4.62. The minimum atomic E-state index is -5.66. The molecular formula is C15H11BrF5N. The maximum atomic E-state index is 13.9. The highest BCUT2D eigenvalue weighted by molar-refractivity contribution is 9.10. The Hall–Kier alpha value is -1.63. The first-order chi connectivity index (χ1) is 10.2. The molecule has 1 nitrogen and oxygen atoms in total. The molecule has 0 amide bonds. The molecule has 0 spiro atoms. The maximum Gasteiger partial charge on any atom is 0.455 e. The van der Waals surface area contributed by atoms with Crippen molar-refractivity contribution in [3.05, 3.63) is 64.6 Å². The van der Waals surface area contributed by atoms with Crippen molar-refractivity contribution in [1.29, 1.82) is 0 Å². The van der Waals surface area contributed by atoms with Gasteiger partial charge in [-0.15, -0.1) is 0 Å². The Labute approximate surface area is 132 Å². The van der Waals surface area contributed by atoms with Crippen molar-refractivity contribution in [3.63, 3.8) is 0 Å². The average Bonchev–Trinajstić information content (AvgIpc) is 2.46. The van der Waals surface area contributed by atoms with E-state index in [1.165, 1.54) is 36.4 Å². The minimum Gasteiger partial charge on any atom is -0.373 e. The summed E-state index contributed by atoms with van der Waals surface area (Å²) in [5, 5.41) is 2.28. The molecule has 0 aromatic heterocycles. The van der Waals surface area contributed by atoms with Gasteiger partial charge in [-0.05, 0) is 29.8 Å². The number of halogens is 6. The van der Waals surface area contributed by atoms with Crippen LogP contribution in [0.25, 0.3) is 0 Å². The largest absolute Gasteiger partial charge is 0.455 e. The fraction of sp³-hybridized carbons (Fsp3) is 0.200. The van der Waals surface area contributed by atoms with Crippen molar-refractivity contribution in [3.8, 4) is 0 Å². The zero-order valence-electron chi connectivity index (χ0n) is 11.0. The summed E-state index contributed by atoms with van der Waals surface area (Å²) in [6, 6.07) is 10.7. The Morgan fingerprint density at radius 3 is 1.86 bits per heavy atom. The Morgan fingerprint density at radius 2 is 1.36 bits per heavy atom. The normalized spacial score (nSPS) is 13.7. The molecule has 0 bridgehead atoms. The van der Waals surface area contributed by atoms with E-state index in [0.717, 1.165) is 0 Å². The second kappa shape index (κ2) is 6.24. The number of rotatable bonds is 4. The molecule has 118 valence electrons. The molecule has 1 N–H and O–H groups in total. The molecule has 0 fully saturated rings. The number of alkyl halides is 5. The highest BCUT2D eigenvalue weighted by Crippen LogP contribution is 2.46. The van der Waals surface area contributed by atoms with E-state index < -0.39 is 18.1 Å². The summed E-state index contributed by atoms with van der Waals surface area (Å²) in [6.07, 6.45) is -5.66. The standard InChI is InChI=1S/C15H11BrF5N/c16-11-8-6-10(7-9-11)13(14(17,18)15(19,20)21)22-12-4-2-1-3-5-12/h1-9,13,22H. The second-order valence-corrected chi connectivity index (χ2v) is 5.53. The van der Waals surface area contributed by atoms with Crippen LogP contribution in [0.3, 0.4) is 0 Å². The lowest BCUT2D eigenvalue weighted by atomic mass is 9.99. The van der Waals surface area contributed by atoms with Crippen molar-refractivity contribution < 1.29 is 22.0 Å². The first-order valence-corrected chi connectivity index (χ1v) is 7.02. The van der Waals surface area contributed by atoms with Crippen LogP contribution in [0, 0.1) is 0 Å². The molecule has 0 saturated carbocycles. The van der Waals surface area contributed by atoms with Crippen LogP contribution >= 0.6 is 15.9 Å². The van der Waals surface area contributed by atoms with Gasteiger partial charge in [0.15, 0.2) is 0 Å². The first-order valence-electron chi connectivity index (χ1n) is 6.23. The Balaban J connectivity index is 2.43. The molecule has 0 aliphatic heterocycles. The zero-order chi connectivity index (χ0) is 16.4. The van der Waals surface area contributed by atoms with Gasteiger partial charge in [0.1, 0.15) is 6.04 Å². The van der Waals surface area contributed by atoms with E-state index in [0.29, 0.717) is 4.47 Å². The SMILES string of the molecule is FC(F)(F)C(F)(F)C(Nc1ccccc1)c1ccc(Br)cc1. The summed E-state index contributed by atoms with van der Waals surface area (Å²) >= 11 is 3.12. The number of benzene rings is 2. The summed E-state index contributed by atoms with van der Waals surface area (Å²) in [5.74, 6) is -4.92. The predicted octanol–water partition coefficient (Wildman–Crippen LogP) is 5.80. The van der Waals surface area contributed by atoms with Gasteiger partial charge in [-0.3, -0.25) is 0 Å². The van der Waals surface area contributed by atoms with Gasteiger partial charge in [-0.25, -0.2) is 0 Å². The quantitative estimate of drug-likeness (QED) is 0.662. The van der Waals surface area contributed by atoms with Crippen LogP contribution in [-0.2, 0) is 0 Å². The molecule has 0 aliphatic carbocycles. The van der Waals surface area contributed by atoms with Gasteiger partial charge in [-0.2, -0.15) is 22.0 Å². The van der Waals surface area contributed by atoms with Crippen molar-refractivity contribution in [2.24, 2.45) is 0 Å². The van der Waals surface area contributed by atoms with Crippen LogP contribution in [0.2, 0.25) is 0 Å². The molecule has 1 unspecified atom stereocenters. The molecule has 1 atom stereocenters. The average molecular weight is 380 g/mol. The van der Waals surface area contributed by atoms with Crippen LogP contribution in [0.4, 0.5) is 27.6 Å². The fourth-order valence-corrected chi connectivity index (χ4v) is 2.17. The molecule has 0 heterocycles. The van der Waals surface area contributed by atoms with E-state index in [1.54, 1.807) is 18.2 Å². The number of para-hydroxylation sites is 1. The van der Waals surface area contributed by atoms with E-state index in [4.69, 9.17) is 0 Å². The molecule has 0 aliphatic rings. The third-order valence-electron chi connectivity index (χ3n) is 3.03. The van der Waals surface area contributed by atoms with Crippen LogP contribution in [0.1, 0.15) is 11.6 Å². The monoisotopic (exact) mass is 379 g/mol. The third kappa shape index (κ3) is 3.58. The first kappa shape index (κ1) is 16.7. The number of hydrogen-bond acceptors (Lipinski definition) is 1. The summed E-state index contributed by atoms with van der Waals surface area (Å²) in [6.45, 7) is 0. The van der Waals surface area contributed by atoms with Crippen LogP contribution in [0.5, 0.6) is 0 Å². The van der Waals surface area contributed by atoms with Gasteiger partial charge < -0.3 is 5.32 Å². The van der Waals surface area contributed by atoms with E-state index in [2.05, 4.69) is 21.2 Å². The fourth-order valence-electron chi connectivity index (χ4n) is 1.90. The third-order valence-corrected chi connectivity index (χ3v) is 3.56. The topological polar surface area (TPSA) is 12.0 Å². The molecule has 2 aromatic carbocycles. The molecule has 0 radical (unpaired) electrons. The molecule has 7 heteroatoms. The minimum absolute atomic E-state index is 0.158. The summed E-state index contributed by atoms with van der Waals surface area (Å²) in [5.41, 5.74) is 0.0220. The van der Waals surface area contributed by atoms with Crippen LogP contribution in [-0.4, -0.2) is 12.1 Å². The van der Waals surface area contributed by atoms with E-state index in [9.17, 15) is 22.0 Å². The Kier molecular flexibility index (Phi) is 4.75. The summed E-state index contributed by atoms with van der Waals surface area (Å²) in [7, 11) is 0. The van der Waals surface area contributed by atoms with E-state index in [-0.39, 0.29) is 11.3 Å². The van der Waals surface area contributed by atoms with Crippen molar-refractivity contribution >= 4 is 21.6 Å². The predicted molar refractivity (Wildman–Crippen MR) is 77.9 cm³/mol. The zero-order valence-corrected chi connectivity index (χ0v) is 12.6. The van der Waals surface area contributed by atoms with Gasteiger partial charge in [0.2, 0.25) is 0 Å². The van der Waals surface area contributed by atoms with Crippen molar-refractivity contribution in [1.82, 2.24) is 0 Å². The van der Waals surface area contributed by atoms with Gasteiger partial charge in [0.25, 0.3) is 0 Å². The van der Waals surface area contributed by atoms with Crippen molar-refractivity contribution in [2.75, 3.05) is 5.32 Å². The lowest BCUT2D eigenvalue weighted by Crippen LogP contribution is -2.45. The van der Waals surface area contributed by atoms with Gasteiger partial charge in [-0.1, -0.05) is 46.3 Å². The summed E-state index contributed by atoms with van der Waals surface area (Å²) in [4.78, 5) is 0. The van der Waals surface area contributed by atoms with Gasteiger partial charge >= 0.3 is 12.1 Å². The number of hydrogen-bond donors (Lipinski definition) is 1. The molecule has 0 saturated heterocycles. The lowest BCUT2D eigenvalue weighted by Gasteiger charge is -2.30. The van der Waals surface area contributed by atoms with Crippen LogP contribution in [0.15, 0.2) is 59.1 Å². The van der Waals surface area contributed by atoms with Crippen LogP contribution < -0.4 is 5.32 Å². The van der Waals surface area contributed by atoms with Gasteiger partial charge in [0, 0.05) is 10.2 Å². The smallest absolute Gasteiger partial charge is 0.373 e.